The normalized spacial score (nSPS) is 10.8. The number of halogens is 2. The number of nitrogens with one attached hydrogen (secondary N) is 2. The molecule has 0 unspecified atom stereocenters. The zero-order valence-corrected chi connectivity index (χ0v) is 16.8. The fraction of sp³-hybridized carbons (Fsp3) is 0.176. The number of aromatic nitrogens is 3. The molecule has 0 aliphatic rings. The quantitative estimate of drug-likeness (QED) is 0.478. The summed E-state index contributed by atoms with van der Waals surface area (Å²) in [5.41, 5.74) is 1.51. The summed E-state index contributed by atoms with van der Waals surface area (Å²) < 4.78 is 25.3. The molecule has 28 heavy (non-hydrogen) atoms. The second kappa shape index (κ2) is 10.3. The molecule has 3 rings (SSSR count). The fourth-order valence-corrected chi connectivity index (χ4v) is 4.13. The van der Waals surface area contributed by atoms with E-state index in [1.54, 1.807) is 30.5 Å². The van der Waals surface area contributed by atoms with E-state index in [9.17, 15) is 13.6 Å². The Morgan fingerprint density at radius 1 is 1.14 bits per heavy atom. The van der Waals surface area contributed by atoms with Crippen LogP contribution < -0.4 is 10.6 Å². The summed E-state index contributed by atoms with van der Waals surface area (Å²) in [5.74, 6) is -2.34. The molecule has 2 N–H and O–H groups in total. The molecule has 0 bridgehead atoms. The van der Waals surface area contributed by atoms with Gasteiger partial charge < -0.3 is 10.6 Å². The lowest BCUT2D eigenvalue weighted by Gasteiger charge is -2.04. The van der Waals surface area contributed by atoms with Gasteiger partial charge in [-0.15, -0.1) is 10.2 Å². The number of hydrogen-bond acceptors (Lipinski definition) is 8. The molecule has 146 valence electrons. The standard InChI is InChI=1S/C17H15F2N5OS3/c18-15(19)27-13-6-4-11(5-7-13)22-16-23-24-17(28-16)26-10-14(25)21-9-12-3-1-2-8-20-12/h1-8,15H,9-10H2,(H,21,25)(H,22,23). The molecule has 0 atom stereocenters. The van der Waals surface area contributed by atoms with Gasteiger partial charge >= 0.3 is 0 Å². The summed E-state index contributed by atoms with van der Waals surface area (Å²) in [7, 11) is 0. The van der Waals surface area contributed by atoms with E-state index >= 15 is 0 Å². The summed E-state index contributed by atoms with van der Waals surface area (Å²) in [6, 6.07) is 12.1. The number of nitrogens with zero attached hydrogens (tertiary/aromatic N) is 3. The number of carbonyl (C=O) groups is 1. The molecule has 0 saturated heterocycles. The van der Waals surface area contributed by atoms with Gasteiger partial charge in [0, 0.05) is 16.8 Å². The Bertz CT molecular complexity index is 893. The summed E-state index contributed by atoms with van der Waals surface area (Å²) in [6.45, 7) is 0.378. The minimum Gasteiger partial charge on any atom is -0.350 e. The molecule has 2 aromatic heterocycles. The maximum atomic E-state index is 12.3. The Labute approximate surface area is 172 Å². The number of alkyl halides is 2. The number of carbonyl (C=O) groups excluding carboxylic acids is 1. The van der Waals surface area contributed by atoms with Gasteiger partial charge in [-0.05, 0) is 36.4 Å². The van der Waals surface area contributed by atoms with E-state index in [0.717, 1.165) is 11.4 Å². The Kier molecular flexibility index (Phi) is 7.57. The minimum atomic E-state index is -2.44. The average Bonchev–Trinajstić information content (AvgIpc) is 3.14. The van der Waals surface area contributed by atoms with Gasteiger partial charge in [0.2, 0.25) is 11.0 Å². The number of pyridine rings is 1. The summed E-state index contributed by atoms with van der Waals surface area (Å²) in [4.78, 5) is 16.6. The molecular weight excluding hydrogens is 424 g/mol. The highest BCUT2D eigenvalue weighted by Crippen LogP contribution is 2.29. The van der Waals surface area contributed by atoms with E-state index in [2.05, 4.69) is 25.8 Å². The molecule has 11 heteroatoms. The lowest BCUT2D eigenvalue weighted by molar-refractivity contribution is -0.118. The van der Waals surface area contributed by atoms with Crippen molar-refractivity contribution in [2.45, 2.75) is 21.5 Å². The van der Waals surface area contributed by atoms with Crippen LogP contribution in [0.2, 0.25) is 0 Å². The first kappa shape index (κ1) is 20.5. The molecule has 0 aliphatic carbocycles. The second-order valence-electron chi connectivity index (χ2n) is 5.29. The first-order valence-electron chi connectivity index (χ1n) is 8.03. The number of anilines is 2. The van der Waals surface area contributed by atoms with Gasteiger partial charge in [0.05, 0.1) is 18.0 Å². The summed E-state index contributed by atoms with van der Waals surface area (Å²) in [6.07, 6.45) is 1.68. The third-order valence-electron chi connectivity index (χ3n) is 3.26. The molecule has 1 amide bonds. The number of rotatable bonds is 9. The lowest BCUT2D eigenvalue weighted by atomic mass is 10.3. The Hall–Kier alpha value is -2.24. The van der Waals surface area contributed by atoms with Gasteiger partial charge in [0.15, 0.2) is 4.34 Å². The van der Waals surface area contributed by atoms with E-state index in [4.69, 9.17) is 0 Å². The Morgan fingerprint density at radius 3 is 2.68 bits per heavy atom. The van der Waals surface area contributed by atoms with Crippen molar-refractivity contribution in [3.8, 4) is 0 Å². The minimum absolute atomic E-state index is 0.118. The summed E-state index contributed by atoms with van der Waals surface area (Å²) in [5, 5.41) is 14.5. The third kappa shape index (κ3) is 6.73. The van der Waals surface area contributed by atoms with E-state index in [1.165, 1.54) is 23.1 Å². The molecule has 0 fully saturated rings. The monoisotopic (exact) mass is 439 g/mol. The fourth-order valence-electron chi connectivity index (χ4n) is 2.03. The zero-order valence-electron chi connectivity index (χ0n) is 14.3. The molecule has 1 aromatic carbocycles. The predicted octanol–water partition coefficient (Wildman–Crippen LogP) is 4.40. The Morgan fingerprint density at radius 2 is 1.96 bits per heavy atom. The first-order chi connectivity index (χ1) is 13.6. The number of hydrogen-bond donors (Lipinski definition) is 2. The van der Waals surface area contributed by atoms with Gasteiger partial charge in [0.25, 0.3) is 5.76 Å². The second-order valence-corrected chi connectivity index (χ2v) is 8.55. The van der Waals surface area contributed by atoms with Crippen molar-refractivity contribution in [2.75, 3.05) is 11.1 Å². The molecule has 6 nitrogen and oxygen atoms in total. The van der Waals surface area contributed by atoms with Crippen LogP contribution in [0.3, 0.4) is 0 Å². The van der Waals surface area contributed by atoms with Crippen LogP contribution in [0.5, 0.6) is 0 Å². The predicted molar refractivity (Wildman–Crippen MR) is 108 cm³/mol. The number of thioether (sulfide) groups is 2. The highest BCUT2D eigenvalue weighted by Gasteiger charge is 2.09. The highest BCUT2D eigenvalue weighted by atomic mass is 32.2. The van der Waals surface area contributed by atoms with Crippen LogP contribution in [0.15, 0.2) is 57.9 Å². The van der Waals surface area contributed by atoms with Gasteiger partial charge in [-0.25, -0.2) is 0 Å². The van der Waals surface area contributed by atoms with Crippen LogP contribution in [0, 0.1) is 0 Å². The highest BCUT2D eigenvalue weighted by molar-refractivity contribution is 8.01. The maximum Gasteiger partial charge on any atom is 0.288 e. The molecule has 0 radical (unpaired) electrons. The van der Waals surface area contributed by atoms with Crippen LogP contribution in [0.4, 0.5) is 19.6 Å². The lowest BCUT2D eigenvalue weighted by Crippen LogP contribution is -2.24. The molecule has 0 saturated carbocycles. The van der Waals surface area contributed by atoms with E-state index in [0.29, 0.717) is 32.7 Å². The van der Waals surface area contributed by atoms with Gasteiger partial charge in [-0.1, -0.05) is 40.9 Å². The maximum absolute atomic E-state index is 12.3. The zero-order chi connectivity index (χ0) is 19.8. The first-order valence-corrected chi connectivity index (χ1v) is 10.7. The molecule has 2 heterocycles. The van der Waals surface area contributed by atoms with Crippen molar-refractivity contribution in [3.05, 3.63) is 54.4 Å². The smallest absolute Gasteiger partial charge is 0.288 e. The van der Waals surface area contributed by atoms with Crippen LogP contribution in [0.25, 0.3) is 0 Å². The third-order valence-corrected chi connectivity index (χ3v) is 5.95. The molecule has 0 spiro atoms. The van der Waals surface area contributed by atoms with Crippen LogP contribution in [-0.4, -0.2) is 32.6 Å². The van der Waals surface area contributed by atoms with Crippen molar-refractivity contribution in [3.63, 3.8) is 0 Å². The molecular formula is C17H15F2N5OS3. The van der Waals surface area contributed by atoms with Crippen molar-refractivity contribution in [1.29, 1.82) is 0 Å². The summed E-state index contributed by atoms with van der Waals surface area (Å²) >= 11 is 3.10. The van der Waals surface area contributed by atoms with Crippen molar-refractivity contribution in [1.82, 2.24) is 20.5 Å². The van der Waals surface area contributed by atoms with Crippen molar-refractivity contribution in [2.24, 2.45) is 0 Å². The number of benzene rings is 1. The largest absolute Gasteiger partial charge is 0.350 e. The van der Waals surface area contributed by atoms with Crippen LogP contribution >= 0.6 is 34.9 Å². The van der Waals surface area contributed by atoms with Gasteiger partial charge in [-0.3, -0.25) is 9.78 Å². The van der Waals surface area contributed by atoms with E-state index in [-0.39, 0.29) is 11.7 Å². The number of amides is 1. The molecule has 3 aromatic rings. The SMILES string of the molecule is O=C(CSc1nnc(Nc2ccc(SC(F)F)cc2)s1)NCc1ccccn1. The Balaban J connectivity index is 1.44. The topological polar surface area (TPSA) is 79.8 Å². The molecule has 0 aliphatic heterocycles. The average molecular weight is 440 g/mol. The van der Waals surface area contributed by atoms with Gasteiger partial charge in [-0.2, -0.15) is 8.78 Å². The van der Waals surface area contributed by atoms with Crippen LogP contribution in [0.1, 0.15) is 5.69 Å². The van der Waals surface area contributed by atoms with E-state index in [1.807, 2.05) is 18.2 Å². The van der Waals surface area contributed by atoms with Crippen molar-refractivity contribution >= 4 is 51.6 Å². The van der Waals surface area contributed by atoms with Crippen molar-refractivity contribution < 1.29 is 13.6 Å². The van der Waals surface area contributed by atoms with E-state index < -0.39 is 5.76 Å². The van der Waals surface area contributed by atoms with Gasteiger partial charge in [0.1, 0.15) is 0 Å². The van der Waals surface area contributed by atoms with Crippen LogP contribution in [-0.2, 0) is 11.3 Å².